The van der Waals surface area contributed by atoms with Gasteiger partial charge in [-0.3, -0.25) is 14.6 Å². The molecule has 0 N–H and O–H groups in total. The molecule has 2 aliphatic heterocycles. The maximum atomic E-state index is 14.0. The molecule has 0 radical (unpaired) electrons. The molecule has 1 atom stereocenters. The summed E-state index contributed by atoms with van der Waals surface area (Å²) in [5.74, 6) is -3.19. The molecule has 1 unspecified atom stereocenters. The molecule has 0 saturated carbocycles. The molecule has 2 amide bonds. The molecule has 0 saturated heterocycles. The van der Waals surface area contributed by atoms with Crippen molar-refractivity contribution in [3.8, 4) is 0 Å². The van der Waals surface area contributed by atoms with Gasteiger partial charge in [0.1, 0.15) is 12.4 Å². The van der Waals surface area contributed by atoms with Gasteiger partial charge in [0.05, 0.1) is 13.1 Å². The molecule has 5 rings (SSSR count). The number of halogens is 4. The molecule has 41 heavy (non-hydrogen) atoms. The van der Waals surface area contributed by atoms with Crippen molar-refractivity contribution >= 4 is 40.9 Å². The lowest BCUT2D eigenvalue weighted by atomic mass is 10.1. The Morgan fingerprint density at radius 3 is 2.32 bits per heavy atom. The zero-order valence-corrected chi connectivity index (χ0v) is 22.7. The van der Waals surface area contributed by atoms with E-state index in [4.69, 9.17) is 16.4 Å². The van der Waals surface area contributed by atoms with Crippen LogP contribution in [0.5, 0.6) is 0 Å². The average Bonchev–Trinajstić information content (AvgIpc) is 3.33. The van der Waals surface area contributed by atoms with E-state index >= 15 is 0 Å². The molecular formula is C29H25ClF3N4O4+. The van der Waals surface area contributed by atoms with Crippen molar-refractivity contribution in [3.63, 3.8) is 0 Å². The number of amides is 2. The van der Waals surface area contributed by atoms with Crippen molar-refractivity contribution in [1.29, 1.82) is 0 Å². The van der Waals surface area contributed by atoms with E-state index in [1.54, 1.807) is 36.4 Å². The van der Waals surface area contributed by atoms with Gasteiger partial charge >= 0.3 is 18.1 Å². The second kappa shape index (κ2) is 11.0. The summed E-state index contributed by atoms with van der Waals surface area (Å²) in [6.07, 6.45) is -5.36. The molecule has 3 aromatic carbocycles. The second-order valence-corrected chi connectivity index (χ2v) is 10.2. The minimum atomic E-state index is -5.36. The van der Waals surface area contributed by atoms with Crippen molar-refractivity contribution in [1.82, 2.24) is 14.4 Å². The summed E-state index contributed by atoms with van der Waals surface area (Å²) in [5, 5.41) is 0.409. The van der Waals surface area contributed by atoms with Crippen molar-refractivity contribution in [2.24, 2.45) is 4.99 Å². The zero-order chi connectivity index (χ0) is 29.4. The van der Waals surface area contributed by atoms with Crippen LogP contribution in [0.3, 0.4) is 0 Å². The fourth-order valence-electron chi connectivity index (χ4n) is 4.95. The molecule has 2 heterocycles. The van der Waals surface area contributed by atoms with Crippen LogP contribution in [0.4, 0.5) is 18.9 Å². The van der Waals surface area contributed by atoms with Gasteiger partial charge in [-0.15, -0.1) is 0 Å². The highest BCUT2D eigenvalue weighted by Gasteiger charge is 2.55. The first-order valence-electron chi connectivity index (χ1n) is 12.7. The van der Waals surface area contributed by atoms with Crippen LogP contribution in [0.2, 0.25) is 5.02 Å². The molecule has 212 valence electrons. The number of alkyl halides is 3. The average molecular weight is 586 g/mol. The topological polar surface area (TPSA) is 79.3 Å². The molecule has 2 aliphatic rings. The number of nitrogens with zero attached hydrogens (tertiary/aromatic N) is 4. The maximum absolute atomic E-state index is 14.0. The smallest absolute Gasteiger partial charge is 0.358 e. The van der Waals surface area contributed by atoms with Gasteiger partial charge in [0, 0.05) is 46.9 Å². The Kier molecular flexibility index (Phi) is 7.58. The Hall–Kier alpha value is -4.22. The van der Waals surface area contributed by atoms with Crippen LogP contribution < -0.4 is 4.65 Å². The van der Waals surface area contributed by atoms with E-state index in [9.17, 15) is 27.6 Å². The minimum Gasteiger partial charge on any atom is -0.358 e. The number of likely N-dealkylation sites (N-methyl/N-ethyl adjacent to an activating group) is 1. The van der Waals surface area contributed by atoms with Gasteiger partial charge in [0.2, 0.25) is 0 Å². The number of hydrogen-bond acceptors (Lipinski definition) is 6. The van der Waals surface area contributed by atoms with Gasteiger partial charge in [-0.25, -0.2) is 9.59 Å². The molecule has 8 nitrogen and oxygen atoms in total. The van der Waals surface area contributed by atoms with Crippen molar-refractivity contribution in [2.45, 2.75) is 19.3 Å². The van der Waals surface area contributed by atoms with E-state index < -0.39 is 41.7 Å². The normalized spacial score (nSPS) is 19.0. The number of hydrogen-bond donors (Lipinski definition) is 0. The highest BCUT2D eigenvalue weighted by atomic mass is 35.5. The summed E-state index contributed by atoms with van der Waals surface area (Å²) in [5.41, 5.74) is 1.86. The number of amidine groups is 1. The van der Waals surface area contributed by atoms with Gasteiger partial charge in [-0.2, -0.15) is 13.2 Å². The number of aliphatic imine (C=N–C) groups is 1. The van der Waals surface area contributed by atoms with Crippen LogP contribution in [-0.2, 0) is 27.5 Å². The quantitative estimate of drug-likeness (QED) is 0.404. The van der Waals surface area contributed by atoms with Crippen molar-refractivity contribution < 1.29 is 32.4 Å². The fraction of sp³-hybridized carbons (Fsp3) is 0.241. The largest absolute Gasteiger partial charge is 0.497 e. The molecule has 0 spiro atoms. The number of benzene rings is 3. The summed E-state index contributed by atoms with van der Waals surface area (Å²) >= 11 is 5.94. The zero-order valence-electron chi connectivity index (χ0n) is 21.9. The summed E-state index contributed by atoms with van der Waals surface area (Å²) < 4.78 is 39.2. The third-order valence-corrected chi connectivity index (χ3v) is 7.25. The number of carbonyl (C=O) groups excluding carboxylic acids is 3. The van der Waals surface area contributed by atoms with E-state index in [2.05, 4.69) is 4.99 Å². The predicted molar refractivity (Wildman–Crippen MR) is 146 cm³/mol. The van der Waals surface area contributed by atoms with Gasteiger partial charge in [-0.1, -0.05) is 54.1 Å². The van der Waals surface area contributed by atoms with E-state index in [1.165, 1.54) is 41.3 Å². The highest BCUT2D eigenvalue weighted by Crippen LogP contribution is 2.37. The van der Waals surface area contributed by atoms with Crippen LogP contribution in [0, 0.1) is 0 Å². The number of carbonyl (C=O) groups is 3. The first-order valence-corrected chi connectivity index (χ1v) is 13.1. The summed E-state index contributed by atoms with van der Waals surface area (Å²) in [4.78, 5) is 52.4. The number of rotatable bonds is 5. The van der Waals surface area contributed by atoms with Crippen LogP contribution >= 0.6 is 11.6 Å². The Morgan fingerprint density at radius 2 is 1.68 bits per heavy atom. The SMILES string of the molecule is CN1CCN=C1c1ccc(C[N+]2(OC(=O)C(F)(F)F)C(=O)CN(C(=O)c3ccc(Cl)cc3)Cc3ccccc32)cc1. The van der Waals surface area contributed by atoms with Crippen LogP contribution in [0.25, 0.3) is 0 Å². The molecule has 0 aliphatic carbocycles. The second-order valence-electron chi connectivity index (χ2n) is 9.79. The van der Waals surface area contributed by atoms with Crippen molar-refractivity contribution in [3.05, 3.63) is 100 Å². The third-order valence-electron chi connectivity index (χ3n) is 7.00. The van der Waals surface area contributed by atoms with Crippen LogP contribution in [0.1, 0.15) is 27.0 Å². The van der Waals surface area contributed by atoms with E-state index in [0.29, 0.717) is 22.7 Å². The summed E-state index contributed by atoms with van der Waals surface area (Å²) in [6, 6.07) is 19.0. The molecule has 0 aromatic heterocycles. The van der Waals surface area contributed by atoms with Gasteiger partial charge in [0.25, 0.3) is 5.91 Å². The van der Waals surface area contributed by atoms with Gasteiger partial charge < -0.3 is 9.80 Å². The molecular weight excluding hydrogens is 561 g/mol. The first kappa shape index (κ1) is 28.3. The van der Waals surface area contributed by atoms with E-state index in [-0.39, 0.29) is 17.8 Å². The lowest BCUT2D eigenvalue weighted by Gasteiger charge is -2.31. The fourth-order valence-corrected chi connectivity index (χ4v) is 5.07. The predicted octanol–water partition coefficient (Wildman–Crippen LogP) is 4.74. The Labute approximate surface area is 238 Å². The standard InChI is InChI=1S/C29H25ClF3N4O4/c1-35-15-14-34-26(35)20-8-6-19(7-9-20)18-37(41-28(40)29(31,32)33)24-5-3-2-4-22(24)16-36(17-25(37)38)27(39)21-10-12-23(30)13-11-21/h2-13H,14-18H2,1H3/q+1. The van der Waals surface area contributed by atoms with Gasteiger partial charge in [0.15, 0.2) is 12.2 Å². The third kappa shape index (κ3) is 5.68. The summed E-state index contributed by atoms with van der Waals surface area (Å²) in [7, 11) is 1.90. The Morgan fingerprint density at radius 1 is 1.00 bits per heavy atom. The molecule has 0 bridgehead atoms. The van der Waals surface area contributed by atoms with Crippen LogP contribution in [-0.4, -0.2) is 66.3 Å². The number of para-hydroxylation sites is 1. The van der Waals surface area contributed by atoms with Gasteiger partial charge in [-0.05, 0) is 28.9 Å². The highest BCUT2D eigenvalue weighted by molar-refractivity contribution is 6.30. The number of fused-ring (bicyclic) bond motifs is 1. The minimum absolute atomic E-state index is 0.0329. The Bertz CT molecular complexity index is 1530. The van der Waals surface area contributed by atoms with E-state index in [1.807, 2.05) is 11.9 Å². The molecule has 0 fully saturated rings. The maximum Gasteiger partial charge on any atom is 0.497 e. The van der Waals surface area contributed by atoms with Crippen molar-refractivity contribution in [2.75, 3.05) is 26.7 Å². The lowest BCUT2D eigenvalue weighted by Crippen LogP contribution is -2.58. The van der Waals surface area contributed by atoms with E-state index in [0.717, 1.165) is 17.9 Å². The first-order chi connectivity index (χ1) is 19.5. The monoisotopic (exact) mass is 585 g/mol. The number of hydroxylamine groups is 2. The number of quaternary nitrogens is 1. The molecule has 12 heteroatoms. The van der Waals surface area contributed by atoms with Crippen LogP contribution in [0.15, 0.2) is 77.8 Å². The Balaban J connectivity index is 1.57. The summed E-state index contributed by atoms with van der Waals surface area (Å²) in [6.45, 7) is 0.279. The molecule has 3 aromatic rings. The lowest BCUT2D eigenvalue weighted by molar-refractivity contribution is -0.235.